The van der Waals surface area contributed by atoms with Crippen molar-refractivity contribution in [1.29, 1.82) is 0 Å². The Morgan fingerprint density at radius 3 is 2.48 bits per heavy atom. The number of carbonyl (C=O) groups excluding carboxylic acids is 1. The molecule has 2 aromatic rings. The molecular formula is C18H21N3O2. The normalized spacial score (nSPS) is 14.6. The van der Waals surface area contributed by atoms with Crippen LogP contribution in [0.3, 0.4) is 0 Å². The van der Waals surface area contributed by atoms with E-state index in [1.165, 1.54) is 19.3 Å². The fraction of sp³-hybridized carbons (Fsp3) is 0.333. The van der Waals surface area contributed by atoms with Crippen molar-refractivity contribution in [2.45, 2.75) is 19.3 Å². The van der Waals surface area contributed by atoms with E-state index in [4.69, 9.17) is 0 Å². The Morgan fingerprint density at radius 1 is 1.09 bits per heavy atom. The molecule has 2 heterocycles. The fourth-order valence-electron chi connectivity index (χ4n) is 2.81. The highest BCUT2D eigenvalue weighted by Crippen LogP contribution is 2.21. The molecule has 1 fully saturated rings. The summed E-state index contributed by atoms with van der Waals surface area (Å²) >= 11 is 0. The lowest BCUT2D eigenvalue weighted by atomic mass is 10.1. The van der Waals surface area contributed by atoms with E-state index in [0.717, 1.165) is 24.6 Å². The van der Waals surface area contributed by atoms with Crippen LogP contribution in [0.15, 0.2) is 42.5 Å². The molecule has 1 saturated heterocycles. The molecule has 0 saturated carbocycles. The van der Waals surface area contributed by atoms with Gasteiger partial charge in [-0.2, -0.15) is 0 Å². The van der Waals surface area contributed by atoms with Crippen LogP contribution in [0, 0.1) is 0 Å². The zero-order chi connectivity index (χ0) is 16.2. The molecule has 0 radical (unpaired) electrons. The summed E-state index contributed by atoms with van der Waals surface area (Å²) < 4.78 is 0. The molecule has 0 spiro atoms. The molecule has 0 atom stereocenters. The van der Waals surface area contributed by atoms with Gasteiger partial charge in [0.25, 0.3) is 5.91 Å². The largest absolute Gasteiger partial charge is 0.508 e. The number of nitrogens with zero attached hydrogens (tertiary/aromatic N) is 3. The first-order valence-corrected chi connectivity index (χ1v) is 7.94. The molecule has 1 aromatic heterocycles. The number of rotatable bonds is 3. The number of anilines is 2. The number of aromatic hydroxyl groups is 1. The zero-order valence-corrected chi connectivity index (χ0v) is 13.3. The lowest BCUT2D eigenvalue weighted by Crippen LogP contribution is -2.31. The van der Waals surface area contributed by atoms with Gasteiger partial charge in [0.15, 0.2) is 0 Å². The Balaban J connectivity index is 1.80. The number of phenols is 1. The Kier molecular flexibility index (Phi) is 4.46. The van der Waals surface area contributed by atoms with E-state index >= 15 is 0 Å². The van der Waals surface area contributed by atoms with Gasteiger partial charge in [0.2, 0.25) is 0 Å². The van der Waals surface area contributed by atoms with Crippen LogP contribution in [-0.2, 0) is 0 Å². The topological polar surface area (TPSA) is 56.7 Å². The lowest BCUT2D eigenvalue weighted by Gasteiger charge is -2.28. The maximum absolute atomic E-state index is 12.6. The van der Waals surface area contributed by atoms with Gasteiger partial charge < -0.3 is 14.9 Å². The Morgan fingerprint density at radius 2 is 1.78 bits per heavy atom. The third-order valence-electron chi connectivity index (χ3n) is 4.18. The molecule has 3 rings (SSSR count). The van der Waals surface area contributed by atoms with Gasteiger partial charge >= 0.3 is 0 Å². The summed E-state index contributed by atoms with van der Waals surface area (Å²) in [7, 11) is 1.71. The van der Waals surface area contributed by atoms with Crippen molar-refractivity contribution >= 4 is 17.4 Å². The summed E-state index contributed by atoms with van der Waals surface area (Å²) in [6.45, 7) is 2.00. The second-order valence-corrected chi connectivity index (χ2v) is 5.81. The maximum Gasteiger partial charge on any atom is 0.276 e. The van der Waals surface area contributed by atoms with Crippen molar-refractivity contribution in [3.63, 3.8) is 0 Å². The number of carbonyl (C=O) groups is 1. The maximum atomic E-state index is 12.6. The van der Waals surface area contributed by atoms with Crippen LogP contribution < -0.4 is 9.80 Å². The number of amides is 1. The number of piperidine rings is 1. The van der Waals surface area contributed by atoms with Gasteiger partial charge in [0.1, 0.15) is 17.3 Å². The van der Waals surface area contributed by atoms with Crippen LogP contribution in [0.25, 0.3) is 0 Å². The third kappa shape index (κ3) is 3.44. The molecule has 1 aliphatic rings. The van der Waals surface area contributed by atoms with Crippen molar-refractivity contribution < 1.29 is 9.90 Å². The summed E-state index contributed by atoms with van der Waals surface area (Å²) in [6, 6.07) is 12.1. The third-order valence-corrected chi connectivity index (χ3v) is 4.18. The van der Waals surface area contributed by atoms with Gasteiger partial charge in [-0.15, -0.1) is 0 Å². The van der Waals surface area contributed by atoms with E-state index in [1.807, 2.05) is 12.1 Å². The zero-order valence-electron chi connectivity index (χ0n) is 13.3. The molecule has 5 nitrogen and oxygen atoms in total. The average Bonchev–Trinajstić information content (AvgIpc) is 2.62. The first-order chi connectivity index (χ1) is 11.1. The van der Waals surface area contributed by atoms with Crippen LogP contribution >= 0.6 is 0 Å². The molecule has 0 bridgehead atoms. The van der Waals surface area contributed by atoms with Gasteiger partial charge in [-0.3, -0.25) is 4.79 Å². The van der Waals surface area contributed by atoms with Crippen LogP contribution in [0.5, 0.6) is 5.75 Å². The Bertz CT molecular complexity index is 679. The number of pyridine rings is 1. The number of hydrogen-bond donors (Lipinski definition) is 1. The minimum atomic E-state index is -0.158. The van der Waals surface area contributed by atoms with E-state index in [2.05, 4.69) is 9.88 Å². The van der Waals surface area contributed by atoms with Crippen molar-refractivity contribution in [3.05, 3.63) is 48.2 Å². The first-order valence-electron chi connectivity index (χ1n) is 7.94. The molecule has 1 amide bonds. The van der Waals surface area contributed by atoms with Crippen molar-refractivity contribution in [3.8, 4) is 5.75 Å². The summed E-state index contributed by atoms with van der Waals surface area (Å²) in [5, 5.41) is 9.35. The second kappa shape index (κ2) is 6.69. The van der Waals surface area contributed by atoms with E-state index in [9.17, 15) is 9.90 Å². The highest BCUT2D eigenvalue weighted by molar-refractivity contribution is 6.04. The molecule has 0 unspecified atom stereocenters. The molecule has 1 N–H and O–H groups in total. The Labute approximate surface area is 136 Å². The minimum Gasteiger partial charge on any atom is -0.508 e. The Hall–Kier alpha value is -2.56. The monoisotopic (exact) mass is 311 g/mol. The smallest absolute Gasteiger partial charge is 0.276 e. The number of hydrogen-bond acceptors (Lipinski definition) is 4. The number of phenolic OH excluding ortho intramolecular Hbond substituents is 1. The second-order valence-electron chi connectivity index (χ2n) is 5.81. The fourth-order valence-corrected chi connectivity index (χ4v) is 2.81. The van der Waals surface area contributed by atoms with Gasteiger partial charge in [0.05, 0.1) is 0 Å². The minimum absolute atomic E-state index is 0.158. The molecule has 1 aromatic carbocycles. The van der Waals surface area contributed by atoms with Crippen molar-refractivity contribution in [2.75, 3.05) is 29.9 Å². The first kappa shape index (κ1) is 15.3. The van der Waals surface area contributed by atoms with E-state index in [1.54, 1.807) is 42.3 Å². The molecular weight excluding hydrogens is 290 g/mol. The van der Waals surface area contributed by atoms with Crippen LogP contribution in [0.4, 0.5) is 11.5 Å². The van der Waals surface area contributed by atoms with Crippen LogP contribution in [0.2, 0.25) is 0 Å². The predicted molar refractivity (Wildman–Crippen MR) is 91.1 cm³/mol. The standard InChI is InChI=1S/C18H21N3O2/c1-20(14-8-10-15(22)11-9-14)18(23)16-6-5-7-17(19-16)21-12-3-2-4-13-21/h5-11,22H,2-4,12-13H2,1H3. The number of benzene rings is 1. The van der Waals surface area contributed by atoms with E-state index in [-0.39, 0.29) is 11.7 Å². The van der Waals surface area contributed by atoms with E-state index < -0.39 is 0 Å². The van der Waals surface area contributed by atoms with Crippen LogP contribution in [-0.4, -0.2) is 36.1 Å². The van der Waals surface area contributed by atoms with Gasteiger partial charge in [-0.05, 0) is 55.7 Å². The van der Waals surface area contributed by atoms with Gasteiger partial charge in [-0.1, -0.05) is 6.07 Å². The quantitative estimate of drug-likeness (QED) is 0.946. The van der Waals surface area contributed by atoms with Gasteiger partial charge in [-0.25, -0.2) is 4.98 Å². The molecule has 23 heavy (non-hydrogen) atoms. The van der Waals surface area contributed by atoms with Crippen molar-refractivity contribution in [2.24, 2.45) is 0 Å². The highest BCUT2D eigenvalue weighted by atomic mass is 16.3. The summed E-state index contributed by atoms with van der Waals surface area (Å²) in [5.74, 6) is 0.893. The predicted octanol–water partition coefficient (Wildman–Crippen LogP) is 3.05. The molecule has 5 heteroatoms. The molecule has 120 valence electrons. The summed E-state index contributed by atoms with van der Waals surface area (Å²) in [4.78, 5) is 21.0. The number of aromatic nitrogens is 1. The SMILES string of the molecule is CN(C(=O)c1cccc(N2CCCCC2)n1)c1ccc(O)cc1. The average molecular weight is 311 g/mol. The molecule has 1 aliphatic heterocycles. The lowest BCUT2D eigenvalue weighted by molar-refractivity contribution is 0.0988. The van der Waals surface area contributed by atoms with Crippen LogP contribution in [0.1, 0.15) is 29.8 Å². The highest BCUT2D eigenvalue weighted by Gasteiger charge is 2.18. The van der Waals surface area contributed by atoms with Crippen molar-refractivity contribution in [1.82, 2.24) is 4.98 Å². The summed E-state index contributed by atoms with van der Waals surface area (Å²) in [6.07, 6.45) is 3.61. The summed E-state index contributed by atoms with van der Waals surface area (Å²) in [5.41, 5.74) is 1.15. The van der Waals surface area contributed by atoms with E-state index in [0.29, 0.717) is 5.69 Å². The van der Waals surface area contributed by atoms with Gasteiger partial charge in [0, 0.05) is 25.8 Å². The molecule has 0 aliphatic carbocycles.